The molecule has 0 aliphatic heterocycles. The summed E-state index contributed by atoms with van der Waals surface area (Å²) in [5.74, 6) is 0.623. The van der Waals surface area contributed by atoms with Crippen molar-refractivity contribution in [3.63, 3.8) is 0 Å². The molecule has 0 spiro atoms. The molecule has 0 fully saturated rings. The van der Waals surface area contributed by atoms with Crippen LogP contribution in [0.3, 0.4) is 0 Å². The van der Waals surface area contributed by atoms with Gasteiger partial charge in [-0.1, -0.05) is 127 Å². The van der Waals surface area contributed by atoms with E-state index in [2.05, 4.69) is 157 Å². The molecule has 0 unspecified atom stereocenters. The van der Waals surface area contributed by atoms with Gasteiger partial charge in [0.15, 0.2) is 5.58 Å². The molecule has 0 atom stereocenters. The molecular formula is C45H30N2O. The van der Waals surface area contributed by atoms with Crippen LogP contribution in [0.25, 0.3) is 66.4 Å². The van der Waals surface area contributed by atoms with Gasteiger partial charge in [-0.25, -0.2) is 4.98 Å². The lowest BCUT2D eigenvalue weighted by molar-refractivity contribution is 0.620. The number of anilines is 3. The maximum Gasteiger partial charge on any atom is 0.227 e. The van der Waals surface area contributed by atoms with Crippen LogP contribution in [0.15, 0.2) is 186 Å². The van der Waals surface area contributed by atoms with E-state index in [1.165, 1.54) is 27.5 Å². The molecule has 0 aliphatic carbocycles. The summed E-state index contributed by atoms with van der Waals surface area (Å²) < 4.78 is 6.28. The Labute approximate surface area is 279 Å². The van der Waals surface area contributed by atoms with Gasteiger partial charge < -0.3 is 9.32 Å². The standard InChI is InChI=1S/C45H30N2O/c1-4-14-31(15-5-1)34-21-12-22-36(28-34)47(37-29-35-20-10-11-23-38(35)41(30-37)32-16-6-2-7-17-32)42-25-13-24-40-39(42)26-27-43-44(40)46-45(48-43)33-18-8-3-9-19-33/h1-30H. The SMILES string of the molecule is c1ccc(-c2cccc(N(c3cc(-c4ccccc4)c4ccccc4c3)c3cccc4c3ccc3oc(-c5ccccc5)nc34)c2)cc1. The van der Waals surface area contributed by atoms with Crippen LogP contribution in [0.4, 0.5) is 17.1 Å². The average Bonchev–Trinajstić information content (AvgIpc) is 3.61. The van der Waals surface area contributed by atoms with Crippen LogP contribution in [-0.4, -0.2) is 4.98 Å². The zero-order chi connectivity index (χ0) is 31.9. The molecular weight excluding hydrogens is 585 g/mol. The first-order valence-electron chi connectivity index (χ1n) is 16.2. The van der Waals surface area contributed by atoms with Gasteiger partial charge >= 0.3 is 0 Å². The summed E-state index contributed by atoms with van der Waals surface area (Å²) in [6.45, 7) is 0. The number of aromatic nitrogens is 1. The van der Waals surface area contributed by atoms with Gasteiger partial charge in [0.25, 0.3) is 0 Å². The number of oxazole rings is 1. The van der Waals surface area contributed by atoms with Crippen molar-refractivity contribution >= 4 is 49.7 Å². The molecule has 0 saturated carbocycles. The van der Waals surface area contributed by atoms with E-state index in [-0.39, 0.29) is 0 Å². The summed E-state index contributed by atoms with van der Waals surface area (Å²) in [6.07, 6.45) is 0. The highest BCUT2D eigenvalue weighted by atomic mass is 16.3. The van der Waals surface area contributed by atoms with Crippen LogP contribution in [-0.2, 0) is 0 Å². The van der Waals surface area contributed by atoms with Crippen molar-refractivity contribution in [3.05, 3.63) is 182 Å². The quantitative estimate of drug-likeness (QED) is 0.187. The minimum absolute atomic E-state index is 0.623. The topological polar surface area (TPSA) is 29.3 Å². The number of nitrogens with zero attached hydrogens (tertiary/aromatic N) is 2. The fraction of sp³-hybridized carbons (Fsp3) is 0. The number of fused-ring (bicyclic) bond motifs is 4. The van der Waals surface area contributed by atoms with Crippen LogP contribution in [0.5, 0.6) is 0 Å². The van der Waals surface area contributed by atoms with Crippen LogP contribution in [0.1, 0.15) is 0 Å². The van der Waals surface area contributed by atoms with Crippen molar-refractivity contribution in [1.29, 1.82) is 0 Å². The molecule has 0 bridgehead atoms. The molecule has 9 rings (SSSR count). The Morgan fingerprint density at radius 1 is 0.417 bits per heavy atom. The van der Waals surface area contributed by atoms with Crippen molar-refractivity contribution in [1.82, 2.24) is 4.98 Å². The van der Waals surface area contributed by atoms with Gasteiger partial charge in [-0.15, -0.1) is 0 Å². The highest BCUT2D eigenvalue weighted by Gasteiger charge is 2.20. The Kier molecular flexibility index (Phi) is 6.80. The molecule has 1 heterocycles. The van der Waals surface area contributed by atoms with Gasteiger partial charge in [-0.2, -0.15) is 0 Å². The number of hydrogen-bond acceptors (Lipinski definition) is 3. The molecule has 0 amide bonds. The van der Waals surface area contributed by atoms with Crippen LogP contribution in [0, 0.1) is 0 Å². The Bertz CT molecular complexity index is 2560. The molecule has 0 N–H and O–H groups in total. The molecule has 9 aromatic rings. The van der Waals surface area contributed by atoms with Crippen molar-refractivity contribution in [2.75, 3.05) is 4.90 Å². The van der Waals surface area contributed by atoms with E-state index < -0.39 is 0 Å². The zero-order valence-corrected chi connectivity index (χ0v) is 26.1. The van der Waals surface area contributed by atoms with Crippen LogP contribution >= 0.6 is 0 Å². The summed E-state index contributed by atoms with van der Waals surface area (Å²) in [4.78, 5) is 7.41. The maximum atomic E-state index is 6.28. The highest BCUT2D eigenvalue weighted by molar-refractivity contribution is 6.11. The van der Waals surface area contributed by atoms with E-state index in [1.54, 1.807) is 0 Å². The third-order valence-electron chi connectivity index (χ3n) is 9.06. The van der Waals surface area contributed by atoms with Gasteiger partial charge in [-0.05, 0) is 87.6 Å². The van der Waals surface area contributed by atoms with Gasteiger partial charge in [0.05, 0.1) is 5.69 Å². The first kappa shape index (κ1) is 27.8. The molecule has 0 saturated heterocycles. The van der Waals surface area contributed by atoms with Crippen molar-refractivity contribution in [2.45, 2.75) is 0 Å². The van der Waals surface area contributed by atoms with Gasteiger partial charge in [0.1, 0.15) is 5.52 Å². The maximum absolute atomic E-state index is 6.28. The third-order valence-corrected chi connectivity index (χ3v) is 9.06. The number of hydrogen-bond donors (Lipinski definition) is 0. The Balaban J connectivity index is 1.31. The molecule has 3 nitrogen and oxygen atoms in total. The fourth-order valence-corrected chi connectivity index (χ4v) is 6.79. The second-order valence-electron chi connectivity index (χ2n) is 12.0. The smallest absolute Gasteiger partial charge is 0.227 e. The van der Waals surface area contributed by atoms with Crippen molar-refractivity contribution in [2.24, 2.45) is 0 Å². The first-order chi connectivity index (χ1) is 23.8. The van der Waals surface area contributed by atoms with E-state index >= 15 is 0 Å². The molecule has 8 aromatic carbocycles. The monoisotopic (exact) mass is 614 g/mol. The highest BCUT2D eigenvalue weighted by Crippen LogP contribution is 2.44. The Morgan fingerprint density at radius 2 is 1.06 bits per heavy atom. The van der Waals surface area contributed by atoms with Crippen LogP contribution in [0.2, 0.25) is 0 Å². The largest absolute Gasteiger partial charge is 0.436 e. The Morgan fingerprint density at radius 3 is 1.85 bits per heavy atom. The van der Waals surface area contributed by atoms with E-state index in [9.17, 15) is 0 Å². The van der Waals surface area contributed by atoms with Crippen molar-refractivity contribution < 1.29 is 4.42 Å². The summed E-state index contributed by atoms with van der Waals surface area (Å²) in [6, 6.07) is 64.1. The van der Waals surface area contributed by atoms with Crippen molar-refractivity contribution in [3.8, 4) is 33.7 Å². The molecule has 226 valence electrons. The predicted octanol–water partition coefficient (Wildman–Crippen LogP) is 12.6. The van der Waals surface area contributed by atoms with E-state index in [0.29, 0.717) is 5.89 Å². The average molecular weight is 615 g/mol. The van der Waals surface area contributed by atoms with Gasteiger partial charge in [0.2, 0.25) is 5.89 Å². The molecule has 0 aliphatic rings. The molecule has 0 radical (unpaired) electrons. The zero-order valence-electron chi connectivity index (χ0n) is 26.1. The van der Waals surface area contributed by atoms with E-state index in [1.807, 2.05) is 30.3 Å². The summed E-state index contributed by atoms with van der Waals surface area (Å²) in [7, 11) is 0. The lowest BCUT2D eigenvalue weighted by Gasteiger charge is -2.28. The summed E-state index contributed by atoms with van der Waals surface area (Å²) >= 11 is 0. The lowest BCUT2D eigenvalue weighted by Crippen LogP contribution is -2.11. The minimum Gasteiger partial charge on any atom is -0.436 e. The normalized spacial score (nSPS) is 11.3. The third kappa shape index (κ3) is 4.90. The minimum atomic E-state index is 0.623. The van der Waals surface area contributed by atoms with Gasteiger partial charge in [0, 0.05) is 27.7 Å². The molecule has 48 heavy (non-hydrogen) atoms. The van der Waals surface area contributed by atoms with E-state index in [4.69, 9.17) is 9.40 Å². The molecule has 3 heteroatoms. The molecule has 1 aromatic heterocycles. The number of benzene rings is 8. The second-order valence-corrected chi connectivity index (χ2v) is 12.0. The first-order valence-corrected chi connectivity index (χ1v) is 16.2. The van der Waals surface area contributed by atoms with Crippen LogP contribution < -0.4 is 4.90 Å². The van der Waals surface area contributed by atoms with Gasteiger partial charge in [-0.3, -0.25) is 0 Å². The van der Waals surface area contributed by atoms with E-state index in [0.717, 1.165) is 50.1 Å². The second kappa shape index (κ2) is 11.7. The fourth-order valence-electron chi connectivity index (χ4n) is 6.79. The number of rotatable bonds is 6. The summed E-state index contributed by atoms with van der Waals surface area (Å²) in [5, 5.41) is 4.55. The summed E-state index contributed by atoms with van der Waals surface area (Å²) in [5.41, 5.74) is 10.5. The predicted molar refractivity (Wildman–Crippen MR) is 200 cm³/mol. The lowest BCUT2D eigenvalue weighted by atomic mass is 9.96. The Hall–Kier alpha value is -6.45.